The van der Waals surface area contributed by atoms with Gasteiger partial charge >= 0.3 is 0 Å². The van der Waals surface area contributed by atoms with Crippen molar-refractivity contribution in [3.8, 4) is 11.4 Å². The van der Waals surface area contributed by atoms with Crippen LogP contribution in [-0.2, 0) is 13.1 Å². The molecule has 8 nitrogen and oxygen atoms in total. The zero-order chi connectivity index (χ0) is 17.2. The molecule has 0 unspecified atom stereocenters. The van der Waals surface area contributed by atoms with Gasteiger partial charge in [0.15, 0.2) is 0 Å². The number of carbonyl (C=O) groups is 1. The molecule has 0 fully saturated rings. The number of amides is 1. The first-order valence-corrected chi connectivity index (χ1v) is 8.60. The van der Waals surface area contributed by atoms with Crippen molar-refractivity contribution in [2.75, 3.05) is 0 Å². The van der Waals surface area contributed by atoms with Gasteiger partial charge in [0.05, 0.1) is 16.9 Å². The van der Waals surface area contributed by atoms with Crippen LogP contribution in [-0.4, -0.2) is 31.0 Å². The number of carbonyl (C=O) groups excluding carboxylic acids is 1. The van der Waals surface area contributed by atoms with Gasteiger partial charge in [-0.3, -0.25) is 4.79 Å². The first kappa shape index (κ1) is 15.5. The monoisotopic (exact) mass is 354 g/mol. The Bertz CT molecular complexity index is 1020. The van der Waals surface area contributed by atoms with Crippen molar-refractivity contribution in [1.29, 1.82) is 0 Å². The van der Waals surface area contributed by atoms with Crippen molar-refractivity contribution < 1.29 is 9.32 Å². The van der Waals surface area contributed by atoms with Gasteiger partial charge < -0.3 is 9.84 Å². The maximum Gasteiger partial charge on any atom is 0.261 e. The fourth-order valence-corrected chi connectivity index (χ4v) is 3.08. The van der Waals surface area contributed by atoms with Gasteiger partial charge in [0.2, 0.25) is 11.7 Å². The maximum atomic E-state index is 11.9. The number of aromatic nitrogens is 5. The Labute approximate surface area is 146 Å². The van der Waals surface area contributed by atoms with E-state index in [1.165, 1.54) is 11.3 Å². The number of rotatable bonds is 5. The average Bonchev–Trinajstić information content (AvgIpc) is 3.39. The summed E-state index contributed by atoms with van der Waals surface area (Å²) in [5.41, 5.74) is 2.52. The van der Waals surface area contributed by atoms with Crippen molar-refractivity contribution in [1.82, 2.24) is 30.5 Å². The third kappa shape index (κ3) is 3.01. The first-order chi connectivity index (χ1) is 12.2. The van der Waals surface area contributed by atoms with E-state index in [-0.39, 0.29) is 12.5 Å². The summed E-state index contributed by atoms with van der Waals surface area (Å²) in [4.78, 5) is 16.9. The first-order valence-electron chi connectivity index (χ1n) is 7.72. The Morgan fingerprint density at radius 3 is 3.08 bits per heavy atom. The lowest BCUT2D eigenvalue weighted by Crippen LogP contribution is -2.21. The molecule has 1 N–H and O–H groups in total. The van der Waals surface area contributed by atoms with Crippen LogP contribution in [0.5, 0.6) is 0 Å². The number of fused-ring (bicyclic) bond motifs is 1. The van der Waals surface area contributed by atoms with Crippen LogP contribution in [0.2, 0.25) is 0 Å². The normalized spacial score (nSPS) is 11.1. The fourth-order valence-electron chi connectivity index (χ4n) is 2.44. The Kier molecular flexibility index (Phi) is 3.98. The molecule has 4 rings (SSSR count). The Balaban J connectivity index is 1.50. The fraction of sp³-hybridized carbons (Fsp3) is 0.188. The molecule has 3 heterocycles. The molecule has 25 heavy (non-hydrogen) atoms. The van der Waals surface area contributed by atoms with Crippen molar-refractivity contribution >= 4 is 28.3 Å². The smallest absolute Gasteiger partial charge is 0.261 e. The van der Waals surface area contributed by atoms with Gasteiger partial charge in [-0.1, -0.05) is 16.4 Å². The van der Waals surface area contributed by atoms with Crippen LogP contribution < -0.4 is 5.32 Å². The Hall–Kier alpha value is -3.07. The minimum absolute atomic E-state index is 0.160. The van der Waals surface area contributed by atoms with E-state index in [1.54, 1.807) is 6.07 Å². The van der Waals surface area contributed by atoms with Crippen molar-refractivity contribution in [3.63, 3.8) is 0 Å². The van der Waals surface area contributed by atoms with E-state index in [0.717, 1.165) is 23.1 Å². The summed E-state index contributed by atoms with van der Waals surface area (Å²) in [6, 6.07) is 9.29. The number of nitrogens with one attached hydrogen (secondary N) is 1. The third-order valence-corrected chi connectivity index (χ3v) is 4.55. The molecule has 126 valence electrons. The second kappa shape index (κ2) is 6.44. The molecule has 0 aliphatic carbocycles. The molecule has 0 bridgehead atoms. The highest BCUT2D eigenvalue weighted by Crippen LogP contribution is 2.21. The lowest BCUT2D eigenvalue weighted by Gasteiger charge is -1.98. The summed E-state index contributed by atoms with van der Waals surface area (Å²) in [6.07, 6.45) is 0. The van der Waals surface area contributed by atoms with E-state index in [1.807, 2.05) is 41.3 Å². The standard InChI is InChI=1S/C16H14N6O2S/c1-2-22-12-6-5-10(8-11(12)19-21-22)15-18-14(24-20-15)9-17-16(23)13-4-3-7-25-13/h3-8H,2,9H2,1H3,(H,17,23). The summed E-state index contributed by atoms with van der Waals surface area (Å²) in [6.45, 7) is 2.95. The maximum absolute atomic E-state index is 11.9. The van der Waals surface area contributed by atoms with Gasteiger partial charge in [0, 0.05) is 12.1 Å². The highest BCUT2D eigenvalue weighted by molar-refractivity contribution is 7.12. The molecule has 9 heteroatoms. The van der Waals surface area contributed by atoms with Crippen LogP contribution in [0.1, 0.15) is 22.5 Å². The minimum Gasteiger partial charge on any atom is -0.342 e. The molecule has 0 atom stereocenters. The molecule has 1 aromatic carbocycles. The molecule has 0 saturated heterocycles. The highest BCUT2D eigenvalue weighted by Gasteiger charge is 2.13. The zero-order valence-corrected chi connectivity index (χ0v) is 14.2. The number of thiophene rings is 1. The van der Waals surface area contributed by atoms with Crippen LogP contribution in [0.4, 0.5) is 0 Å². The minimum atomic E-state index is -0.160. The van der Waals surface area contributed by atoms with Gasteiger partial charge in [-0.2, -0.15) is 4.98 Å². The van der Waals surface area contributed by atoms with E-state index in [0.29, 0.717) is 16.6 Å². The van der Waals surface area contributed by atoms with Crippen LogP contribution in [0.3, 0.4) is 0 Å². The lowest BCUT2D eigenvalue weighted by atomic mass is 10.2. The summed E-state index contributed by atoms with van der Waals surface area (Å²) in [5.74, 6) is 0.637. The van der Waals surface area contributed by atoms with E-state index in [9.17, 15) is 4.79 Å². The summed E-state index contributed by atoms with van der Waals surface area (Å²) < 4.78 is 7.03. The van der Waals surface area contributed by atoms with Crippen molar-refractivity contribution in [2.24, 2.45) is 0 Å². The Morgan fingerprint density at radius 1 is 1.36 bits per heavy atom. The van der Waals surface area contributed by atoms with Gasteiger partial charge in [-0.15, -0.1) is 16.4 Å². The topological polar surface area (TPSA) is 98.7 Å². The van der Waals surface area contributed by atoms with Gasteiger partial charge in [0.25, 0.3) is 5.91 Å². The molecule has 0 saturated carbocycles. The molecular weight excluding hydrogens is 340 g/mol. The number of hydrogen-bond acceptors (Lipinski definition) is 7. The predicted molar refractivity (Wildman–Crippen MR) is 92.0 cm³/mol. The molecule has 4 aromatic rings. The molecule has 1 amide bonds. The Morgan fingerprint density at radius 2 is 2.28 bits per heavy atom. The number of nitrogens with zero attached hydrogens (tertiary/aromatic N) is 5. The third-order valence-electron chi connectivity index (χ3n) is 3.68. The second-order valence-electron chi connectivity index (χ2n) is 5.28. The molecule has 0 radical (unpaired) electrons. The average molecular weight is 354 g/mol. The van der Waals surface area contributed by atoms with Gasteiger partial charge in [-0.05, 0) is 36.6 Å². The van der Waals surface area contributed by atoms with Crippen LogP contribution >= 0.6 is 11.3 Å². The van der Waals surface area contributed by atoms with Gasteiger partial charge in [0.1, 0.15) is 5.52 Å². The van der Waals surface area contributed by atoms with Crippen molar-refractivity contribution in [2.45, 2.75) is 20.0 Å². The number of hydrogen-bond donors (Lipinski definition) is 1. The predicted octanol–water partition coefficient (Wildman–Crippen LogP) is 2.49. The van der Waals surface area contributed by atoms with Gasteiger partial charge in [-0.25, -0.2) is 4.68 Å². The van der Waals surface area contributed by atoms with E-state index in [4.69, 9.17) is 4.52 Å². The van der Waals surface area contributed by atoms with Crippen LogP contribution in [0, 0.1) is 0 Å². The quantitative estimate of drug-likeness (QED) is 0.591. The molecule has 3 aromatic heterocycles. The van der Waals surface area contributed by atoms with E-state index in [2.05, 4.69) is 25.8 Å². The van der Waals surface area contributed by atoms with Crippen LogP contribution in [0.25, 0.3) is 22.4 Å². The largest absolute Gasteiger partial charge is 0.342 e. The van der Waals surface area contributed by atoms with E-state index >= 15 is 0 Å². The molecule has 0 spiro atoms. The second-order valence-corrected chi connectivity index (χ2v) is 6.23. The molecule has 0 aliphatic heterocycles. The summed E-state index contributed by atoms with van der Waals surface area (Å²) in [5, 5.41) is 16.8. The molecule has 0 aliphatic rings. The highest BCUT2D eigenvalue weighted by atomic mass is 32.1. The number of aryl methyl sites for hydroxylation is 1. The summed E-state index contributed by atoms with van der Waals surface area (Å²) in [7, 11) is 0. The van der Waals surface area contributed by atoms with Crippen LogP contribution in [0.15, 0.2) is 40.2 Å². The SMILES string of the molecule is CCn1nnc2cc(-c3noc(CNC(=O)c4cccs4)n3)ccc21. The molecular formula is C16H14N6O2S. The van der Waals surface area contributed by atoms with Crippen molar-refractivity contribution in [3.05, 3.63) is 46.5 Å². The number of benzene rings is 1. The van der Waals surface area contributed by atoms with E-state index < -0.39 is 0 Å². The zero-order valence-electron chi connectivity index (χ0n) is 13.3. The lowest BCUT2D eigenvalue weighted by molar-refractivity contribution is 0.0950. The summed E-state index contributed by atoms with van der Waals surface area (Å²) >= 11 is 1.38.